The number of nitrogens with one attached hydrogen (secondary N) is 1. The first-order chi connectivity index (χ1) is 13.6. The standard InChI is InChI=1S/C22H21N3O3/c1-3-14-23-21(26)16(2)28-22(27)19-15-25(18-12-8-5-9-13-18)24-20(19)17-10-6-4-7-11-17/h3-13,15-16H,1,14H2,2H3,(H,23,26). The maximum absolute atomic E-state index is 12.8. The fourth-order valence-corrected chi connectivity index (χ4v) is 2.64. The number of aromatic nitrogens is 2. The summed E-state index contributed by atoms with van der Waals surface area (Å²) < 4.78 is 6.99. The minimum atomic E-state index is -0.934. The third kappa shape index (κ3) is 4.35. The molecule has 2 aromatic carbocycles. The van der Waals surface area contributed by atoms with E-state index in [9.17, 15) is 9.59 Å². The van der Waals surface area contributed by atoms with Gasteiger partial charge in [0.25, 0.3) is 5.91 Å². The number of amides is 1. The van der Waals surface area contributed by atoms with Crippen LogP contribution in [0.15, 0.2) is 79.5 Å². The average Bonchev–Trinajstić information content (AvgIpc) is 3.19. The van der Waals surface area contributed by atoms with Gasteiger partial charge in [0.2, 0.25) is 0 Å². The number of hydrogen-bond donors (Lipinski definition) is 1. The van der Waals surface area contributed by atoms with Gasteiger partial charge in [-0.25, -0.2) is 9.48 Å². The van der Waals surface area contributed by atoms with E-state index in [2.05, 4.69) is 17.0 Å². The van der Waals surface area contributed by atoms with Crippen LogP contribution in [0.5, 0.6) is 0 Å². The van der Waals surface area contributed by atoms with Crippen LogP contribution in [0.1, 0.15) is 17.3 Å². The van der Waals surface area contributed by atoms with Gasteiger partial charge in [0.05, 0.1) is 5.69 Å². The fraction of sp³-hybridized carbons (Fsp3) is 0.136. The first kappa shape index (κ1) is 19.1. The predicted molar refractivity (Wildman–Crippen MR) is 107 cm³/mol. The van der Waals surface area contributed by atoms with Crippen LogP contribution in [-0.4, -0.2) is 34.3 Å². The molecule has 142 valence electrons. The molecular formula is C22H21N3O3. The third-order valence-corrected chi connectivity index (χ3v) is 4.08. The van der Waals surface area contributed by atoms with E-state index in [-0.39, 0.29) is 5.91 Å². The largest absolute Gasteiger partial charge is 0.449 e. The highest BCUT2D eigenvalue weighted by Crippen LogP contribution is 2.24. The van der Waals surface area contributed by atoms with Crippen LogP contribution in [0.2, 0.25) is 0 Å². The second kappa shape index (κ2) is 8.81. The molecule has 0 aliphatic heterocycles. The van der Waals surface area contributed by atoms with Crippen molar-refractivity contribution in [3.63, 3.8) is 0 Å². The Hall–Kier alpha value is -3.67. The van der Waals surface area contributed by atoms with Crippen molar-refractivity contribution in [2.24, 2.45) is 0 Å². The summed E-state index contributed by atoms with van der Waals surface area (Å²) in [7, 11) is 0. The van der Waals surface area contributed by atoms with E-state index in [1.165, 1.54) is 6.92 Å². The van der Waals surface area contributed by atoms with E-state index in [0.29, 0.717) is 17.8 Å². The minimum Gasteiger partial charge on any atom is -0.449 e. The number of carbonyl (C=O) groups is 2. The van der Waals surface area contributed by atoms with E-state index in [1.807, 2.05) is 60.7 Å². The normalized spacial score (nSPS) is 11.5. The lowest BCUT2D eigenvalue weighted by atomic mass is 10.1. The topological polar surface area (TPSA) is 73.2 Å². The van der Waals surface area contributed by atoms with Gasteiger partial charge >= 0.3 is 5.97 Å². The van der Waals surface area contributed by atoms with E-state index >= 15 is 0 Å². The highest BCUT2D eigenvalue weighted by atomic mass is 16.5. The second-order valence-corrected chi connectivity index (χ2v) is 6.12. The molecule has 1 heterocycles. The van der Waals surface area contributed by atoms with E-state index in [1.54, 1.807) is 17.0 Å². The molecule has 3 rings (SSSR count). The van der Waals surface area contributed by atoms with Gasteiger partial charge in [-0.2, -0.15) is 5.10 Å². The molecule has 1 aromatic heterocycles. The molecular weight excluding hydrogens is 354 g/mol. The van der Waals surface area contributed by atoms with Gasteiger partial charge in [-0.15, -0.1) is 6.58 Å². The third-order valence-electron chi connectivity index (χ3n) is 4.08. The van der Waals surface area contributed by atoms with Crippen molar-refractivity contribution in [1.29, 1.82) is 0 Å². The Morgan fingerprint density at radius 1 is 1.14 bits per heavy atom. The number of carbonyl (C=O) groups excluding carboxylic acids is 2. The van der Waals surface area contributed by atoms with Gasteiger partial charge in [-0.05, 0) is 19.1 Å². The molecule has 0 spiro atoms. The second-order valence-electron chi connectivity index (χ2n) is 6.12. The van der Waals surface area contributed by atoms with E-state index in [4.69, 9.17) is 4.74 Å². The Bertz CT molecular complexity index is 965. The monoisotopic (exact) mass is 375 g/mol. The minimum absolute atomic E-state index is 0.290. The molecule has 28 heavy (non-hydrogen) atoms. The van der Waals surface area contributed by atoms with Gasteiger partial charge in [-0.3, -0.25) is 4.79 Å². The smallest absolute Gasteiger partial charge is 0.342 e. The van der Waals surface area contributed by atoms with Crippen LogP contribution in [-0.2, 0) is 9.53 Å². The first-order valence-electron chi connectivity index (χ1n) is 8.90. The SMILES string of the molecule is C=CCNC(=O)C(C)OC(=O)c1cn(-c2ccccc2)nc1-c1ccccc1. The zero-order valence-corrected chi connectivity index (χ0v) is 15.5. The molecule has 0 fully saturated rings. The van der Waals surface area contributed by atoms with Gasteiger partial charge in [-0.1, -0.05) is 54.6 Å². The summed E-state index contributed by atoms with van der Waals surface area (Å²) in [6.07, 6.45) is 2.24. The van der Waals surface area contributed by atoms with Gasteiger partial charge in [0.1, 0.15) is 11.3 Å². The fourth-order valence-electron chi connectivity index (χ4n) is 2.64. The summed E-state index contributed by atoms with van der Waals surface area (Å²) in [5.41, 5.74) is 2.38. The summed E-state index contributed by atoms with van der Waals surface area (Å²) >= 11 is 0. The van der Waals surface area contributed by atoms with Crippen molar-refractivity contribution in [1.82, 2.24) is 15.1 Å². The maximum Gasteiger partial charge on any atom is 0.342 e. The van der Waals surface area contributed by atoms with Crippen LogP contribution in [0.3, 0.4) is 0 Å². The lowest BCUT2D eigenvalue weighted by Crippen LogP contribution is -2.35. The number of benzene rings is 2. The number of esters is 1. The van der Waals surface area contributed by atoms with E-state index < -0.39 is 12.1 Å². The van der Waals surface area contributed by atoms with Crippen molar-refractivity contribution >= 4 is 11.9 Å². The zero-order valence-electron chi connectivity index (χ0n) is 15.5. The van der Waals surface area contributed by atoms with Gasteiger partial charge in [0, 0.05) is 18.3 Å². The van der Waals surface area contributed by atoms with Crippen LogP contribution >= 0.6 is 0 Å². The molecule has 1 amide bonds. The Morgan fingerprint density at radius 2 is 1.79 bits per heavy atom. The Labute approximate surface area is 163 Å². The Morgan fingerprint density at radius 3 is 2.43 bits per heavy atom. The average molecular weight is 375 g/mol. The molecule has 0 saturated carbocycles. The number of rotatable bonds is 7. The van der Waals surface area contributed by atoms with Crippen LogP contribution < -0.4 is 5.32 Å². The number of para-hydroxylation sites is 1. The summed E-state index contributed by atoms with van der Waals surface area (Å²) in [5.74, 6) is -0.993. The molecule has 3 aromatic rings. The summed E-state index contributed by atoms with van der Waals surface area (Å²) in [4.78, 5) is 24.8. The summed E-state index contributed by atoms with van der Waals surface area (Å²) in [5, 5.41) is 7.19. The summed E-state index contributed by atoms with van der Waals surface area (Å²) in [6.45, 7) is 5.38. The molecule has 1 unspecified atom stereocenters. The maximum atomic E-state index is 12.8. The first-order valence-corrected chi connectivity index (χ1v) is 8.90. The quantitative estimate of drug-likeness (QED) is 0.507. The van der Waals surface area contributed by atoms with Crippen molar-refractivity contribution in [2.45, 2.75) is 13.0 Å². The number of ether oxygens (including phenoxy) is 1. The predicted octanol–water partition coefficient (Wildman–Crippen LogP) is 3.39. The Balaban J connectivity index is 1.92. The van der Waals surface area contributed by atoms with Crippen LogP contribution in [0, 0.1) is 0 Å². The molecule has 0 aliphatic carbocycles. The molecule has 1 atom stereocenters. The van der Waals surface area contributed by atoms with Crippen LogP contribution in [0.4, 0.5) is 0 Å². The highest BCUT2D eigenvalue weighted by molar-refractivity contribution is 5.97. The van der Waals surface area contributed by atoms with Gasteiger partial charge < -0.3 is 10.1 Å². The van der Waals surface area contributed by atoms with E-state index in [0.717, 1.165) is 11.3 Å². The van der Waals surface area contributed by atoms with Crippen LogP contribution in [0.25, 0.3) is 16.9 Å². The number of nitrogens with zero attached hydrogens (tertiary/aromatic N) is 2. The zero-order chi connectivity index (χ0) is 19.9. The molecule has 1 N–H and O–H groups in total. The van der Waals surface area contributed by atoms with Crippen molar-refractivity contribution in [3.05, 3.63) is 85.1 Å². The lowest BCUT2D eigenvalue weighted by molar-refractivity contribution is -0.128. The lowest BCUT2D eigenvalue weighted by Gasteiger charge is -2.12. The molecule has 0 aliphatic rings. The van der Waals surface area contributed by atoms with Gasteiger partial charge in [0.15, 0.2) is 6.10 Å². The van der Waals surface area contributed by atoms with Crippen molar-refractivity contribution in [3.8, 4) is 16.9 Å². The molecule has 6 heteroatoms. The summed E-state index contributed by atoms with van der Waals surface area (Å²) in [6, 6.07) is 18.8. The molecule has 0 bridgehead atoms. The van der Waals surface area contributed by atoms with Crippen molar-refractivity contribution in [2.75, 3.05) is 6.54 Å². The molecule has 6 nitrogen and oxygen atoms in total. The highest BCUT2D eigenvalue weighted by Gasteiger charge is 2.24. The number of hydrogen-bond acceptors (Lipinski definition) is 4. The molecule has 0 radical (unpaired) electrons. The Kier molecular flexibility index (Phi) is 6.01. The molecule has 0 saturated heterocycles. The van der Waals surface area contributed by atoms with Crippen molar-refractivity contribution < 1.29 is 14.3 Å².